The molecule has 3 rings (SSSR count). The van der Waals surface area contributed by atoms with Gasteiger partial charge in [-0.05, 0) is 59.4 Å². The fourth-order valence-corrected chi connectivity index (χ4v) is 3.23. The zero-order valence-electron chi connectivity index (χ0n) is 12.4. The summed E-state index contributed by atoms with van der Waals surface area (Å²) in [5, 5.41) is 1.82. The van der Waals surface area contributed by atoms with E-state index >= 15 is 0 Å². The summed E-state index contributed by atoms with van der Waals surface area (Å²) in [6, 6.07) is 13.6. The first kappa shape index (κ1) is 16.4. The van der Waals surface area contributed by atoms with Gasteiger partial charge < -0.3 is 4.74 Å². The third kappa shape index (κ3) is 3.42. The fraction of sp³-hybridized carbons (Fsp3) is 0.105. The van der Waals surface area contributed by atoms with E-state index in [1.54, 1.807) is 7.11 Å². The SMILES string of the molecule is COc1ccc(C2=C(Cl)C(Cl)=CC[CH]2)c(-c2cccc(Cl)c2)c1. The van der Waals surface area contributed by atoms with Crippen molar-refractivity contribution in [2.45, 2.75) is 6.42 Å². The van der Waals surface area contributed by atoms with Gasteiger partial charge in [0.15, 0.2) is 0 Å². The smallest absolute Gasteiger partial charge is 0.119 e. The summed E-state index contributed by atoms with van der Waals surface area (Å²) in [7, 11) is 1.65. The Kier molecular flexibility index (Phi) is 5.01. The Morgan fingerprint density at radius 2 is 1.78 bits per heavy atom. The van der Waals surface area contributed by atoms with Crippen LogP contribution in [-0.4, -0.2) is 7.11 Å². The molecule has 2 aromatic carbocycles. The summed E-state index contributed by atoms with van der Waals surface area (Å²) in [6.07, 6.45) is 4.73. The summed E-state index contributed by atoms with van der Waals surface area (Å²) in [4.78, 5) is 0. The molecule has 0 bridgehead atoms. The zero-order valence-corrected chi connectivity index (χ0v) is 14.7. The minimum atomic E-state index is 0.561. The van der Waals surface area contributed by atoms with Crippen molar-refractivity contribution in [1.82, 2.24) is 0 Å². The van der Waals surface area contributed by atoms with Crippen molar-refractivity contribution in [3.05, 3.63) is 75.6 Å². The maximum absolute atomic E-state index is 6.42. The molecule has 0 saturated heterocycles. The van der Waals surface area contributed by atoms with Gasteiger partial charge in [-0.2, -0.15) is 0 Å². The van der Waals surface area contributed by atoms with Gasteiger partial charge in [-0.25, -0.2) is 0 Å². The molecule has 0 N–H and O–H groups in total. The monoisotopic (exact) mass is 363 g/mol. The van der Waals surface area contributed by atoms with Gasteiger partial charge in [-0.15, -0.1) is 0 Å². The second-order valence-corrected chi connectivity index (χ2v) is 6.36. The van der Waals surface area contributed by atoms with Crippen LogP contribution in [0.15, 0.2) is 58.6 Å². The Bertz CT molecular complexity index is 806. The van der Waals surface area contributed by atoms with E-state index in [1.807, 2.05) is 48.5 Å². The van der Waals surface area contributed by atoms with Crippen molar-refractivity contribution in [1.29, 1.82) is 0 Å². The van der Waals surface area contributed by atoms with Crippen molar-refractivity contribution >= 4 is 40.4 Å². The van der Waals surface area contributed by atoms with Gasteiger partial charge in [0.05, 0.1) is 17.2 Å². The van der Waals surface area contributed by atoms with Crippen LogP contribution >= 0.6 is 34.8 Å². The molecular formula is C19H14Cl3O. The average Bonchev–Trinajstić information content (AvgIpc) is 2.57. The number of hydrogen-bond acceptors (Lipinski definition) is 1. The Morgan fingerprint density at radius 1 is 0.957 bits per heavy atom. The van der Waals surface area contributed by atoms with Crippen molar-refractivity contribution in [3.63, 3.8) is 0 Å². The number of hydrogen-bond donors (Lipinski definition) is 0. The molecule has 2 aromatic rings. The van der Waals surface area contributed by atoms with Crippen molar-refractivity contribution in [2.24, 2.45) is 0 Å². The quantitative estimate of drug-likeness (QED) is 0.589. The van der Waals surface area contributed by atoms with Crippen LogP contribution in [0.3, 0.4) is 0 Å². The summed E-state index contributed by atoms with van der Waals surface area (Å²) < 4.78 is 5.37. The zero-order chi connectivity index (χ0) is 16.4. The number of ether oxygens (including phenoxy) is 1. The highest BCUT2D eigenvalue weighted by molar-refractivity contribution is 6.46. The molecule has 0 amide bonds. The van der Waals surface area contributed by atoms with E-state index in [-0.39, 0.29) is 0 Å². The predicted molar refractivity (Wildman–Crippen MR) is 99.1 cm³/mol. The Balaban J connectivity index is 2.22. The van der Waals surface area contributed by atoms with E-state index in [0.29, 0.717) is 15.1 Å². The topological polar surface area (TPSA) is 9.23 Å². The van der Waals surface area contributed by atoms with Crippen LogP contribution in [0, 0.1) is 6.42 Å². The predicted octanol–water partition coefficient (Wildman–Crippen LogP) is 6.70. The van der Waals surface area contributed by atoms with Gasteiger partial charge in [-0.3, -0.25) is 0 Å². The Hall–Kier alpha value is -1.41. The van der Waals surface area contributed by atoms with E-state index in [1.165, 1.54) is 0 Å². The molecule has 0 aliphatic heterocycles. The molecule has 1 aliphatic rings. The molecule has 4 heteroatoms. The van der Waals surface area contributed by atoms with Crippen LogP contribution in [-0.2, 0) is 0 Å². The summed E-state index contributed by atoms with van der Waals surface area (Å²) in [5.74, 6) is 0.776. The van der Waals surface area contributed by atoms with Crippen molar-refractivity contribution < 1.29 is 4.74 Å². The molecule has 0 spiro atoms. The van der Waals surface area contributed by atoms with Gasteiger partial charge in [0.25, 0.3) is 0 Å². The van der Waals surface area contributed by atoms with Gasteiger partial charge in [0.1, 0.15) is 5.75 Å². The van der Waals surface area contributed by atoms with Gasteiger partial charge in [0, 0.05) is 5.02 Å². The molecule has 0 atom stereocenters. The fourth-order valence-electron chi connectivity index (χ4n) is 2.60. The normalized spacial score (nSPS) is 14.7. The number of benzene rings is 2. The van der Waals surface area contributed by atoms with E-state index in [4.69, 9.17) is 39.5 Å². The summed E-state index contributed by atoms with van der Waals surface area (Å²) >= 11 is 18.8. The number of methoxy groups -OCH3 is 1. The lowest BCUT2D eigenvalue weighted by atomic mass is 9.90. The molecule has 0 saturated carbocycles. The maximum Gasteiger partial charge on any atom is 0.119 e. The van der Waals surface area contributed by atoms with E-state index in [0.717, 1.165) is 34.4 Å². The second kappa shape index (κ2) is 7.00. The maximum atomic E-state index is 6.42. The summed E-state index contributed by atoms with van der Waals surface area (Å²) in [5.41, 5.74) is 3.94. The van der Waals surface area contributed by atoms with E-state index < -0.39 is 0 Å². The molecule has 0 aromatic heterocycles. The van der Waals surface area contributed by atoms with Crippen LogP contribution in [0.4, 0.5) is 0 Å². The highest BCUT2D eigenvalue weighted by atomic mass is 35.5. The lowest BCUT2D eigenvalue weighted by Gasteiger charge is -2.19. The van der Waals surface area contributed by atoms with Crippen LogP contribution < -0.4 is 4.74 Å². The van der Waals surface area contributed by atoms with Crippen LogP contribution in [0.25, 0.3) is 16.7 Å². The minimum Gasteiger partial charge on any atom is -0.497 e. The Labute approximate surface area is 151 Å². The van der Waals surface area contributed by atoms with Crippen molar-refractivity contribution in [2.75, 3.05) is 7.11 Å². The van der Waals surface area contributed by atoms with Crippen LogP contribution in [0.5, 0.6) is 5.75 Å². The third-order valence-electron chi connectivity index (χ3n) is 3.72. The molecule has 0 fully saturated rings. The average molecular weight is 365 g/mol. The van der Waals surface area contributed by atoms with E-state index in [2.05, 4.69) is 6.42 Å². The van der Waals surface area contributed by atoms with Crippen LogP contribution in [0.2, 0.25) is 5.02 Å². The van der Waals surface area contributed by atoms with Gasteiger partial charge >= 0.3 is 0 Å². The molecule has 117 valence electrons. The molecule has 23 heavy (non-hydrogen) atoms. The molecule has 0 heterocycles. The lowest BCUT2D eigenvalue weighted by molar-refractivity contribution is 0.415. The van der Waals surface area contributed by atoms with Crippen molar-refractivity contribution in [3.8, 4) is 16.9 Å². The van der Waals surface area contributed by atoms with Gasteiger partial charge in [0.2, 0.25) is 0 Å². The first-order chi connectivity index (χ1) is 11.1. The molecular weight excluding hydrogens is 351 g/mol. The molecule has 1 nitrogen and oxygen atoms in total. The number of allylic oxidation sites excluding steroid dienone is 4. The highest BCUT2D eigenvalue weighted by Crippen LogP contribution is 2.41. The molecule has 0 unspecified atom stereocenters. The standard InChI is InChI=1S/C19H14Cl3O/c1-23-14-8-9-15(16-6-3-7-18(21)19(16)22)17(11-14)12-4-2-5-13(20)10-12/h2,4-11H,3H2,1H3. The highest BCUT2D eigenvalue weighted by Gasteiger charge is 2.18. The Morgan fingerprint density at radius 3 is 2.52 bits per heavy atom. The first-order valence-corrected chi connectivity index (χ1v) is 8.27. The molecule has 1 aliphatic carbocycles. The second-order valence-electron chi connectivity index (χ2n) is 5.14. The van der Waals surface area contributed by atoms with E-state index in [9.17, 15) is 0 Å². The third-order valence-corrected chi connectivity index (χ3v) is 4.80. The lowest BCUT2D eigenvalue weighted by Crippen LogP contribution is -1.98. The van der Waals surface area contributed by atoms with Gasteiger partial charge in [-0.1, -0.05) is 59.1 Å². The number of rotatable bonds is 3. The number of halogens is 3. The molecule has 1 radical (unpaired) electrons. The minimum absolute atomic E-state index is 0.561. The summed E-state index contributed by atoms with van der Waals surface area (Å²) in [6.45, 7) is 0. The first-order valence-electron chi connectivity index (χ1n) is 7.13. The van der Waals surface area contributed by atoms with Crippen LogP contribution in [0.1, 0.15) is 12.0 Å². The largest absolute Gasteiger partial charge is 0.497 e.